The van der Waals surface area contributed by atoms with Gasteiger partial charge in [0.25, 0.3) is 0 Å². The first-order valence-electron chi connectivity index (χ1n) is 5.53. The molecule has 1 unspecified atom stereocenters. The third-order valence-corrected chi connectivity index (χ3v) is 3.40. The molecule has 1 N–H and O–H groups in total. The van der Waals surface area contributed by atoms with Gasteiger partial charge in [-0.25, -0.2) is 0 Å². The highest BCUT2D eigenvalue weighted by atomic mass is 16.1. The van der Waals surface area contributed by atoms with Crippen LogP contribution in [-0.4, -0.2) is 5.91 Å². The molecule has 1 atom stereocenters. The first-order valence-corrected chi connectivity index (χ1v) is 5.53. The second-order valence-corrected chi connectivity index (χ2v) is 4.34. The van der Waals surface area contributed by atoms with Crippen molar-refractivity contribution < 1.29 is 4.79 Å². The van der Waals surface area contributed by atoms with E-state index in [0.29, 0.717) is 0 Å². The second kappa shape index (κ2) is 3.69. The molecule has 0 saturated carbocycles. The average molecular weight is 203 g/mol. The Balaban J connectivity index is 2.45. The number of aryl methyl sites for hydroxylation is 1. The van der Waals surface area contributed by atoms with Crippen molar-refractivity contribution in [2.24, 2.45) is 5.92 Å². The number of carbonyl (C=O) groups excluding carboxylic acids is 1. The summed E-state index contributed by atoms with van der Waals surface area (Å²) in [6.45, 7) is 6.21. The number of hydrogen-bond donors (Lipinski definition) is 1. The molecule has 1 aliphatic rings. The molecular formula is C13H17NO. The van der Waals surface area contributed by atoms with Crippen molar-refractivity contribution in [3.63, 3.8) is 0 Å². The molecule has 0 bridgehead atoms. The van der Waals surface area contributed by atoms with Gasteiger partial charge < -0.3 is 5.32 Å². The van der Waals surface area contributed by atoms with Gasteiger partial charge in [-0.05, 0) is 43.4 Å². The predicted octanol–water partition coefficient (Wildman–Crippen LogP) is 2.82. The molecule has 0 aliphatic carbocycles. The van der Waals surface area contributed by atoms with Crippen molar-refractivity contribution in [1.29, 1.82) is 0 Å². The van der Waals surface area contributed by atoms with Gasteiger partial charge in [0.15, 0.2) is 0 Å². The maximum absolute atomic E-state index is 11.7. The maximum Gasteiger partial charge on any atom is 0.227 e. The molecule has 0 saturated heterocycles. The molecule has 2 rings (SSSR count). The first kappa shape index (κ1) is 10.2. The van der Waals surface area contributed by atoms with E-state index < -0.39 is 0 Å². The molecule has 80 valence electrons. The third kappa shape index (κ3) is 1.65. The number of hydrogen-bond acceptors (Lipinski definition) is 1. The predicted molar refractivity (Wildman–Crippen MR) is 62.0 cm³/mol. The summed E-state index contributed by atoms with van der Waals surface area (Å²) in [5, 5.41) is 3.03. The van der Waals surface area contributed by atoms with Gasteiger partial charge in [0.1, 0.15) is 0 Å². The number of nitrogens with one attached hydrogen (secondary N) is 1. The van der Waals surface area contributed by atoms with Gasteiger partial charge >= 0.3 is 0 Å². The van der Waals surface area contributed by atoms with Crippen LogP contribution >= 0.6 is 0 Å². The molecule has 0 aromatic heterocycles. The van der Waals surface area contributed by atoms with E-state index in [1.165, 1.54) is 16.7 Å². The van der Waals surface area contributed by atoms with Gasteiger partial charge in [0.05, 0.1) is 0 Å². The monoisotopic (exact) mass is 203 g/mol. The number of amides is 1. The SMILES string of the molecule is CCC1Cc2ccc(C)c(C)c2NC1=O. The smallest absolute Gasteiger partial charge is 0.227 e. The van der Waals surface area contributed by atoms with Crippen LogP contribution in [0.15, 0.2) is 12.1 Å². The fourth-order valence-corrected chi connectivity index (χ4v) is 2.13. The van der Waals surface area contributed by atoms with Crippen LogP contribution < -0.4 is 5.32 Å². The fraction of sp³-hybridized carbons (Fsp3) is 0.462. The highest BCUT2D eigenvalue weighted by molar-refractivity contribution is 5.96. The van der Waals surface area contributed by atoms with Gasteiger partial charge in [-0.1, -0.05) is 19.1 Å². The van der Waals surface area contributed by atoms with Crippen LogP contribution in [0.3, 0.4) is 0 Å². The number of rotatable bonds is 1. The zero-order chi connectivity index (χ0) is 11.0. The van der Waals surface area contributed by atoms with E-state index in [1.807, 2.05) is 0 Å². The van der Waals surface area contributed by atoms with Crippen LogP contribution in [0.1, 0.15) is 30.0 Å². The lowest BCUT2D eigenvalue weighted by Crippen LogP contribution is -2.30. The minimum Gasteiger partial charge on any atom is -0.325 e. The molecule has 1 aliphatic heterocycles. The zero-order valence-corrected chi connectivity index (χ0v) is 9.55. The van der Waals surface area contributed by atoms with Crippen molar-refractivity contribution in [2.75, 3.05) is 5.32 Å². The van der Waals surface area contributed by atoms with Gasteiger partial charge in [-0.15, -0.1) is 0 Å². The van der Waals surface area contributed by atoms with Gasteiger partial charge in [-0.2, -0.15) is 0 Å². The number of anilines is 1. The van der Waals surface area contributed by atoms with Crippen LogP contribution in [0, 0.1) is 19.8 Å². The molecule has 1 amide bonds. The van der Waals surface area contributed by atoms with E-state index >= 15 is 0 Å². The molecule has 15 heavy (non-hydrogen) atoms. The van der Waals surface area contributed by atoms with E-state index in [1.54, 1.807) is 0 Å². The maximum atomic E-state index is 11.7. The quantitative estimate of drug-likeness (QED) is 0.747. The summed E-state index contributed by atoms with van der Waals surface area (Å²) in [6.07, 6.45) is 1.80. The fourth-order valence-electron chi connectivity index (χ4n) is 2.13. The Morgan fingerprint density at radius 2 is 2.13 bits per heavy atom. The molecular weight excluding hydrogens is 186 g/mol. The largest absolute Gasteiger partial charge is 0.325 e. The molecule has 1 aromatic rings. The van der Waals surface area contributed by atoms with Crippen LogP contribution in [0.25, 0.3) is 0 Å². The summed E-state index contributed by atoms with van der Waals surface area (Å²) in [5.41, 5.74) is 4.77. The molecule has 0 spiro atoms. The van der Waals surface area contributed by atoms with E-state index in [9.17, 15) is 4.79 Å². The molecule has 1 heterocycles. The van der Waals surface area contributed by atoms with Crippen molar-refractivity contribution in [1.82, 2.24) is 0 Å². The van der Waals surface area contributed by atoms with Crippen molar-refractivity contribution in [3.8, 4) is 0 Å². The summed E-state index contributed by atoms with van der Waals surface area (Å²) >= 11 is 0. The Morgan fingerprint density at radius 1 is 1.40 bits per heavy atom. The molecule has 1 aromatic carbocycles. The van der Waals surface area contributed by atoms with Crippen LogP contribution in [0.4, 0.5) is 5.69 Å². The highest BCUT2D eigenvalue weighted by Gasteiger charge is 2.25. The van der Waals surface area contributed by atoms with Crippen molar-refractivity contribution >= 4 is 11.6 Å². The first-order chi connectivity index (χ1) is 7.13. The lowest BCUT2D eigenvalue weighted by molar-refractivity contribution is -0.120. The van der Waals surface area contributed by atoms with Gasteiger partial charge in [-0.3, -0.25) is 4.79 Å². The molecule has 0 radical (unpaired) electrons. The Kier molecular flexibility index (Phi) is 2.51. The Morgan fingerprint density at radius 3 is 2.80 bits per heavy atom. The minimum atomic E-state index is 0.152. The van der Waals surface area contributed by atoms with E-state index in [2.05, 4.69) is 38.2 Å². The van der Waals surface area contributed by atoms with Crippen LogP contribution in [-0.2, 0) is 11.2 Å². The van der Waals surface area contributed by atoms with Gasteiger partial charge in [0, 0.05) is 11.6 Å². The Labute approximate surface area is 90.7 Å². The Bertz CT molecular complexity index is 409. The standard InChI is InChI=1S/C13H17NO/c1-4-10-7-11-6-5-8(2)9(3)12(11)14-13(10)15/h5-6,10H,4,7H2,1-3H3,(H,14,15). The Hall–Kier alpha value is -1.31. The van der Waals surface area contributed by atoms with Crippen molar-refractivity contribution in [3.05, 3.63) is 28.8 Å². The van der Waals surface area contributed by atoms with Gasteiger partial charge in [0.2, 0.25) is 5.91 Å². The number of fused-ring (bicyclic) bond motifs is 1. The van der Waals surface area contributed by atoms with Crippen LogP contribution in [0.5, 0.6) is 0 Å². The number of carbonyl (C=O) groups is 1. The lowest BCUT2D eigenvalue weighted by Gasteiger charge is -2.25. The normalized spacial score (nSPS) is 19.7. The van der Waals surface area contributed by atoms with Crippen LogP contribution in [0.2, 0.25) is 0 Å². The average Bonchev–Trinajstić information content (AvgIpc) is 2.24. The summed E-state index contributed by atoms with van der Waals surface area (Å²) in [6, 6.07) is 4.28. The van der Waals surface area contributed by atoms with E-state index in [-0.39, 0.29) is 11.8 Å². The second-order valence-electron chi connectivity index (χ2n) is 4.34. The highest BCUT2D eigenvalue weighted by Crippen LogP contribution is 2.31. The summed E-state index contributed by atoms with van der Waals surface area (Å²) in [5.74, 6) is 0.332. The summed E-state index contributed by atoms with van der Waals surface area (Å²) in [4.78, 5) is 11.7. The number of benzene rings is 1. The molecule has 2 nitrogen and oxygen atoms in total. The van der Waals surface area contributed by atoms with Crippen molar-refractivity contribution in [2.45, 2.75) is 33.6 Å². The lowest BCUT2D eigenvalue weighted by atomic mass is 9.89. The van der Waals surface area contributed by atoms with E-state index in [0.717, 1.165) is 18.5 Å². The minimum absolute atomic E-state index is 0.152. The molecule has 0 fully saturated rings. The molecule has 2 heteroatoms. The summed E-state index contributed by atoms with van der Waals surface area (Å²) in [7, 11) is 0. The topological polar surface area (TPSA) is 29.1 Å². The summed E-state index contributed by atoms with van der Waals surface area (Å²) < 4.78 is 0. The van der Waals surface area contributed by atoms with E-state index in [4.69, 9.17) is 0 Å². The third-order valence-electron chi connectivity index (χ3n) is 3.40. The zero-order valence-electron chi connectivity index (χ0n) is 9.55.